The van der Waals surface area contributed by atoms with Gasteiger partial charge >= 0.3 is 0 Å². The molecule has 1 saturated heterocycles. The number of benzene rings is 1. The average Bonchev–Trinajstić information content (AvgIpc) is 2.78. The van der Waals surface area contributed by atoms with Gasteiger partial charge in [-0.15, -0.1) is 0 Å². The van der Waals surface area contributed by atoms with E-state index in [4.69, 9.17) is 21.1 Å². The van der Waals surface area contributed by atoms with Crippen LogP contribution in [0.5, 0.6) is 5.75 Å². The SMILES string of the molecule is CNC(c1cc(Cl)ccc1OC)C1(C)CCCO1. The van der Waals surface area contributed by atoms with Crippen LogP contribution >= 0.6 is 11.6 Å². The van der Waals surface area contributed by atoms with Gasteiger partial charge in [-0.3, -0.25) is 0 Å². The van der Waals surface area contributed by atoms with Gasteiger partial charge in [0, 0.05) is 17.2 Å². The van der Waals surface area contributed by atoms with Gasteiger partial charge in [-0.25, -0.2) is 0 Å². The lowest BCUT2D eigenvalue weighted by molar-refractivity contribution is -0.0110. The maximum Gasteiger partial charge on any atom is 0.123 e. The first-order chi connectivity index (χ1) is 8.60. The van der Waals surface area contributed by atoms with Crippen LogP contribution in [-0.2, 0) is 4.74 Å². The molecule has 1 aromatic rings. The molecular formula is C14H20ClNO2. The molecule has 0 saturated carbocycles. The number of halogens is 1. The van der Waals surface area contributed by atoms with Crippen LogP contribution in [0.2, 0.25) is 5.02 Å². The molecule has 0 aromatic heterocycles. The summed E-state index contributed by atoms with van der Waals surface area (Å²) in [6.07, 6.45) is 2.13. The Morgan fingerprint density at radius 3 is 2.83 bits per heavy atom. The molecule has 3 nitrogen and oxygen atoms in total. The Balaban J connectivity index is 2.40. The van der Waals surface area contributed by atoms with Crippen LogP contribution in [-0.4, -0.2) is 26.4 Å². The third-order valence-electron chi connectivity index (χ3n) is 3.65. The Bertz CT molecular complexity index is 416. The first-order valence-electron chi connectivity index (χ1n) is 6.25. The van der Waals surface area contributed by atoms with Crippen LogP contribution in [0.25, 0.3) is 0 Å². The number of hydrogen-bond donors (Lipinski definition) is 1. The van der Waals surface area contributed by atoms with Gasteiger partial charge < -0.3 is 14.8 Å². The summed E-state index contributed by atoms with van der Waals surface area (Å²) in [7, 11) is 3.62. The Hall–Kier alpha value is -0.770. The molecule has 2 rings (SSSR count). The molecule has 0 bridgehead atoms. The molecule has 0 radical (unpaired) electrons. The summed E-state index contributed by atoms with van der Waals surface area (Å²) < 4.78 is 11.4. The van der Waals surface area contributed by atoms with E-state index >= 15 is 0 Å². The van der Waals surface area contributed by atoms with Crippen molar-refractivity contribution in [2.75, 3.05) is 20.8 Å². The smallest absolute Gasteiger partial charge is 0.123 e. The Morgan fingerprint density at radius 2 is 2.28 bits per heavy atom. The van der Waals surface area contributed by atoms with Crippen molar-refractivity contribution in [3.63, 3.8) is 0 Å². The molecule has 0 aliphatic carbocycles. The highest BCUT2D eigenvalue weighted by atomic mass is 35.5. The molecule has 1 aliphatic heterocycles. The number of methoxy groups -OCH3 is 1. The molecule has 0 amide bonds. The van der Waals surface area contributed by atoms with Crippen LogP contribution in [0.15, 0.2) is 18.2 Å². The van der Waals surface area contributed by atoms with E-state index in [1.165, 1.54) is 0 Å². The number of rotatable bonds is 4. The van der Waals surface area contributed by atoms with Gasteiger partial charge in [0.25, 0.3) is 0 Å². The maximum atomic E-state index is 6.10. The maximum absolute atomic E-state index is 6.10. The minimum absolute atomic E-state index is 0.0775. The second-order valence-corrected chi connectivity index (χ2v) is 5.31. The van der Waals surface area contributed by atoms with Crippen molar-refractivity contribution in [2.45, 2.75) is 31.4 Å². The van der Waals surface area contributed by atoms with E-state index in [0.717, 1.165) is 30.8 Å². The highest BCUT2D eigenvalue weighted by Gasteiger charge is 2.39. The molecular weight excluding hydrogens is 250 g/mol. The largest absolute Gasteiger partial charge is 0.496 e. The van der Waals surface area contributed by atoms with Crippen molar-refractivity contribution in [3.05, 3.63) is 28.8 Å². The topological polar surface area (TPSA) is 30.5 Å². The minimum atomic E-state index is -0.202. The quantitative estimate of drug-likeness (QED) is 0.911. The highest BCUT2D eigenvalue weighted by molar-refractivity contribution is 6.30. The lowest BCUT2D eigenvalue weighted by Gasteiger charge is -2.34. The van der Waals surface area contributed by atoms with Gasteiger partial charge in [0.2, 0.25) is 0 Å². The zero-order valence-electron chi connectivity index (χ0n) is 11.1. The molecule has 0 spiro atoms. The van der Waals surface area contributed by atoms with Crippen molar-refractivity contribution in [3.8, 4) is 5.75 Å². The van der Waals surface area contributed by atoms with Crippen molar-refractivity contribution in [1.29, 1.82) is 0 Å². The van der Waals surface area contributed by atoms with Crippen molar-refractivity contribution >= 4 is 11.6 Å². The zero-order chi connectivity index (χ0) is 13.2. The third kappa shape index (κ3) is 2.48. The molecule has 1 fully saturated rings. The molecule has 1 N–H and O–H groups in total. The van der Waals surface area contributed by atoms with Crippen molar-refractivity contribution < 1.29 is 9.47 Å². The van der Waals surface area contributed by atoms with Crippen molar-refractivity contribution in [2.24, 2.45) is 0 Å². The van der Waals surface area contributed by atoms with Gasteiger partial charge in [-0.2, -0.15) is 0 Å². The number of nitrogens with one attached hydrogen (secondary N) is 1. The lowest BCUT2D eigenvalue weighted by Crippen LogP contribution is -2.39. The summed E-state index contributed by atoms with van der Waals surface area (Å²) >= 11 is 6.10. The van der Waals surface area contributed by atoms with Crippen LogP contribution < -0.4 is 10.1 Å². The molecule has 2 atom stereocenters. The first-order valence-corrected chi connectivity index (χ1v) is 6.63. The fourth-order valence-corrected chi connectivity index (χ4v) is 2.93. The summed E-state index contributed by atoms with van der Waals surface area (Å²) in [6, 6.07) is 5.78. The predicted octanol–water partition coefficient (Wildman–Crippen LogP) is 3.18. The van der Waals surface area contributed by atoms with Crippen LogP contribution in [0, 0.1) is 0 Å². The summed E-state index contributed by atoms with van der Waals surface area (Å²) in [5, 5.41) is 4.05. The molecule has 1 aromatic carbocycles. The molecule has 18 heavy (non-hydrogen) atoms. The van der Waals surface area contributed by atoms with E-state index in [-0.39, 0.29) is 11.6 Å². The molecule has 100 valence electrons. The average molecular weight is 270 g/mol. The van der Waals surface area contributed by atoms with Gasteiger partial charge in [-0.05, 0) is 45.0 Å². The zero-order valence-corrected chi connectivity index (χ0v) is 11.9. The minimum Gasteiger partial charge on any atom is -0.496 e. The Kier molecular flexibility index (Phi) is 4.15. The molecule has 1 heterocycles. The monoisotopic (exact) mass is 269 g/mol. The standard InChI is InChI=1S/C14H20ClNO2/c1-14(7-4-8-18-14)13(16-2)11-9-10(15)5-6-12(11)17-3/h5-6,9,13,16H,4,7-8H2,1-3H3. The van der Waals surface area contributed by atoms with E-state index in [1.54, 1.807) is 7.11 Å². The van der Waals surface area contributed by atoms with E-state index in [9.17, 15) is 0 Å². The summed E-state index contributed by atoms with van der Waals surface area (Å²) in [4.78, 5) is 0. The van der Waals surface area contributed by atoms with E-state index in [1.807, 2.05) is 25.2 Å². The number of ether oxygens (including phenoxy) is 2. The third-order valence-corrected chi connectivity index (χ3v) is 3.89. The first kappa shape index (κ1) is 13.7. The van der Waals surface area contributed by atoms with Crippen molar-refractivity contribution in [1.82, 2.24) is 5.32 Å². The van der Waals surface area contributed by atoms with E-state index in [2.05, 4.69) is 12.2 Å². The highest BCUT2D eigenvalue weighted by Crippen LogP contribution is 2.41. The summed E-state index contributed by atoms with van der Waals surface area (Å²) in [5.41, 5.74) is 0.851. The van der Waals surface area contributed by atoms with Crippen LogP contribution in [0.1, 0.15) is 31.4 Å². The van der Waals surface area contributed by atoms with E-state index in [0.29, 0.717) is 5.02 Å². The van der Waals surface area contributed by atoms with Gasteiger partial charge in [0.1, 0.15) is 5.75 Å². The Labute approximate surface area is 113 Å². The predicted molar refractivity (Wildman–Crippen MR) is 73.4 cm³/mol. The van der Waals surface area contributed by atoms with Gasteiger partial charge in [0.05, 0.1) is 18.8 Å². The number of hydrogen-bond acceptors (Lipinski definition) is 3. The van der Waals surface area contributed by atoms with Gasteiger partial charge in [0.15, 0.2) is 0 Å². The van der Waals surface area contributed by atoms with E-state index < -0.39 is 0 Å². The van der Waals surface area contributed by atoms with Crippen LogP contribution in [0.4, 0.5) is 0 Å². The second-order valence-electron chi connectivity index (χ2n) is 4.87. The number of likely N-dealkylation sites (N-methyl/N-ethyl adjacent to an activating group) is 1. The summed E-state index contributed by atoms with van der Waals surface area (Å²) in [6.45, 7) is 2.96. The lowest BCUT2D eigenvalue weighted by atomic mass is 9.87. The molecule has 1 aliphatic rings. The fraction of sp³-hybridized carbons (Fsp3) is 0.571. The molecule has 4 heteroatoms. The summed E-state index contributed by atoms with van der Waals surface area (Å²) in [5.74, 6) is 0.843. The Morgan fingerprint density at radius 1 is 1.50 bits per heavy atom. The van der Waals surface area contributed by atoms with Crippen LogP contribution in [0.3, 0.4) is 0 Å². The molecule has 2 unspecified atom stereocenters. The fourth-order valence-electron chi connectivity index (χ4n) is 2.75. The second kappa shape index (κ2) is 5.47. The van der Waals surface area contributed by atoms with Gasteiger partial charge in [-0.1, -0.05) is 11.6 Å². The normalized spacial score (nSPS) is 25.1.